The Balaban J connectivity index is 0.798. The van der Waals surface area contributed by atoms with Crippen LogP contribution in [0.15, 0.2) is 65.8 Å². The summed E-state index contributed by atoms with van der Waals surface area (Å²) >= 11 is 0. The van der Waals surface area contributed by atoms with Crippen molar-refractivity contribution in [3.8, 4) is 11.5 Å². The molecule has 4 aromatic rings. The van der Waals surface area contributed by atoms with Gasteiger partial charge in [-0.2, -0.15) is 0 Å². The highest BCUT2D eigenvalue weighted by Gasteiger charge is 2.71. The zero-order valence-corrected chi connectivity index (χ0v) is 38.4. The number of sulfonamides is 1. The highest BCUT2D eigenvalue weighted by molar-refractivity contribution is 7.90. The Morgan fingerprint density at radius 2 is 1.83 bits per heavy atom. The number of nitro benzene ring substituents is 1. The third-order valence-corrected chi connectivity index (χ3v) is 16.3. The molecular formula is C47H59N7O11S. The van der Waals surface area contributed by atoms with E-state index in [4.69, 9.17) is 28.4 Å². The van der Waals surface area contributed by atoms with Gasteiger partial charge in [0.1, 0.15) is 28.4 Å². The molecule has 1 aliphatic carbocycles. The van der Waals surface area contributed by atoms with Crippen LogP contribution in [0.4, 0.5) is 17.1 Å². The summed E-state index contributed by atoms with van der Waals surface area (Å²) in [6.45, 7) is 12.5. The number of rotatable bonds is 14. The second-order valence-corrected chi connectivity index (χ2v) is 20.8. The summed E-state index contributed by atoms with van der Waals surface area (Å²) in [6, 6.07) is 12.2. The predicted octanol–water partition coefficient (Wildman–Crippen LogP) is 6.64. The lowest BCUT2D eigenvalue weighted by atomic mass is 9.57. The van der Waals surface area contributed by atoms with Crippen LogP contribution in [0.2, 0.25) is 0 Å². The molecule has 1 saturated carbocycles. The number of fused-ring (bicyclic) bond motifs is 2. The van der Waals surface area contributed by atoms with Crippen LogP contribution in [0.5, 0.6) is 11.5 Å². The lowest BCUT2D eigenvalue weighted by molar-refractivity contribution is -0.384. The molecule has 6 fully saturated rings. The van der Waals surface area contributed by atoms with E-state index in [9.17, 15) is 23.3 Å². The SMILES string of the molecule is CC1CCC2C(C)C(OCCN3CCN(c4ccc(C(=O)NS(=O)(=O)c5ccc(NCC6CCOCC6)c([N+](=O)[O-])c5)c(Oc5cnc6[nH]ccc6c5)c4)CC3)OC3OC4(C)CCC1C32O4. The summed E-state index contributed by atoms with van der Waals surface area (Å²) in [7, 11) is -4.56. The minimum absolute atomic E-state index is 0.0491. The molecule has 66 heavy (non-hydrogen) atoms. The van der Waals surface area contributed by atoms with Gasteiger partial charge >= 0.3 is 0 Å². The predicted molar refractivity (Wildman–Crippen MR) is 243 cm³/mol. The summed E-state index contributed by atoms with van der Waals surface area (Å²) in [6.07, 6.45) is 8.34. The lowest BCUT2D eigenvalue weighted by Crippen LogP contribution is -2.66. The number of benzene rings is 2. The molecule has 3 N–H and O–H groups in total. The number of aromatic amines is 1. The number of piperazine rings is 1. The number of nitrogens with one attached hydrogen (secondary N) is 3. The van der Waals surface area contributed by atoms with Crippen molar-refractivity contribution in [2.75, 3.05) is 69.3 Å². The van der Waals surface area contributed by atoms with Gasteiger partial charge in [0.15, 0.2) is 18.4 Å². The first-order valence-corrected chi connectivity index (χ1v) is 24.8. The largest absolute Gasteiger partial charge is 0.455 e. The topological polar surface area (TPSA) is 209 Å². The van der Waals surface area contributed by atoms with Crippen molar-refractivity contribution in [1.82, 2.24) is 19.6 Å². The van der Waals surface area contributed by atoms with E-state index in [-0.39, 0.29) is 35.1 Å². The van der Waals surface area contributed by atoms with Crippen LogP contribution in [0.25, 0.3) is 11.0 Å². The Hall–Kier alpha value is -4.89. The maximum absolute atomic E-state index is 13.9. The molecule has 1 spiro atoms. The molecule has 10 rings (SSSR count). The minimum atomic E-state index is -4.56. The average Bonchev–Trinajstić information content (AvgIpc) is 3.86. The van der Waals surface area contributed by atoms with Crippen molar-refractivity contribution in [3.63, 3.8) is 0 Å². The van der Waals surface area contributed by atoms with E-state index in [0.29, 0.717) is 68.6 Å². The number of carbonyl (C=O) groups excluding carboxylic acids is 1. The summed E-state index contributed by atoms with van der Waals surface area (Å²) in [5.74, 6) is 0.627. The number of H-pyrrole nitrogens is 1. The summed E-state index contributed by atoms with van der Waals surface area (Å²) in [4.78, 5) is 37.0. The fourth-order valence-corrected chi connectivity index (χ4v) is 12.3. The Bertz CT molecular complexity index is 2560. The number of hydrogen-bond donors (Lipinski definition) is 3. The maximum Gasteiger partial charge on any atom is 0.293 e. The molecule has 19 heteroatoms. The number of carbonyl (C=O) groups is 1. The van der Waals surface area contributed by atoms with E-state index in [0.717, 1.165) is 68.9 Å². The van der Waals surface area contributed by atoms with Crippen LogP contribution in [0.3, 0.4) is 0 Å². The van der Waals surface area contributed by atoms with Crippen LogP contribution in [-0.2, 0) is 33.7 Å². The number of nitro groups is 1. The molecule has 8 unspecified atom stereocenters. The minimum Gasteiger partial charge on any atom is -0.455 e. The quantitative estimate of drug-likeness (QED) is 0.0895. The molecule has 354 valence electrons. The van der Waals surface area contributed by atoms with Crippen LogP contribution < -0.4 is 19.7 Å². The molecule has 6 aliphatic rings. The molecule has 2 aromatic heterocycles. The van der Waals surface area contributed by atoms with Gasteiger partial charge in [-0.05, 0) is 93.2 Å². The third kappa shape index (κ3) is 8.63. The monoisotopic (exact) mass is 929 g/mol. The molecule has 8 atom stereocenters. The van der Waals surface area contributed by atoms with E-state index in [2.05, 4.69) is 50.6 Å². The van der Waals surface area contributed by atoms with E-state index in [1.807, 2.05) is 6.07 Å². The second kappa shape index (κ2) is 18.0. The number of hydrogen-bond acceptors (Lipinski definition) is 15. The van der Waals surface area contributed by atoms with E-state index < -0.39 is 49.1 Å². The smallest absolute Gasteiger partial charge is 0.293 e. The van der Waals surface area contributed by atoms with Gasteiger partial charge in [0, 0.05) is 100 Å². The Kier molecular flexibility index (Phi) is 12.2. The Morgan fingerprint density at radius 1 is 1.02 bits per heavy atom. The van der Waals surface area contributed by atoms with Gasteiger partial charge in [0.05, 0.1) is 28.2 Å². The molecule has 5 aliphatic heterocycles. The van der Waals surface area contributed by atoms with Gasteiger partial charge in [-0.25, -0.2) is 18.1 Å². The van der Waals surface area contributed by atoms with Crippen LogP contribution in [0.1, 0.15) is 69.7 Å². The summed E-state index contributed by atoms with van der Waals surface area (Å²) in [5, 5.41) is 16.0. The van der Waals surface area contributed by atoms with Gasteiger partial charge in [-0.3, -0.25) is 19.8 Å². The number of amides is 1. The standard InChI is InChI=1S/C47H59N7O11S/c1-29-4-8-38-30(2)44(63-45-47(38)37(29)10-14-46(3,64-45)65-47)61-23-20-52-16-18-53(19-17-52)33-5-7-36(41(25-33)62-34-24-32-11-15-48-42(32)50-28-34)43(55)51-66(58,59)35-6-9-39(40(26-35)54(56)57)49-27-31-12-21-60-22-13-31/h5-7,9,11,15,24-26,28-31,37-38,44-45,49H,4,8,10,12-14,16-23,27H2,1-3H3,(H,48,50)(H,51,55). The van der Waals surface area contributed by atoms with Crippen molar-refractivity contribution in [2.24, 2.45) is 29.6 Å². The summed E-state index contributed by atoms with van der Waals surface area (Å²) in [5.41, 5.74) is 0.758. The van der Waals surface area contributed by atoms with Crippen molar-refractivity contribution in [3.05, 3.63) is 76.6 Å². The van der Waals surface area contributed by atoms with Gasteiger partial charge in [-0.15, -0.1) is 0 Å². The molecule has 5 saturated heterocycles. The highest BCUT2D eigenvalue weighted by Crippen LogP contribution is 2.63. The molecule has 2 bridgehead atoms. The number of anilines is 2. The normalized spacial score (nSPS) is 30.2. The molecule has 18 nitrogen and oxygen atoms in total. The molecule has 7 heterocycles. The van der Waals surface area contributed by atoms with Crippen LogP contribution in [-0.4, -0.2) is 117 Å². The van der Waals surface area contributed by atoms with E-state index in [1.165, 1.54) is 30.8 Å². The van der Waals surface area contributed by atoms with Crippen LogP contribution in [0, 0.1) is 39.7 Å². The fourth-order valence-electron chi connectivity index (χ4n) is 11.4. The molecule has 0 radical (unpaired) electrons. The van der Waals surface area contributed by atoms with E-state index in [1.54, 1.807) is 24.4 Å². The van der Waals surface area contributed by atoms with E-state index >= 15 is 0 Å². The number of aromatic nitrogens is 2. The zero-order valence-electron chi connectivity index (χ0n) is 37.6. The van der Waals surface area contributed by atoms with Crippen LogP contribution >= 0.6 is 0 Å². The fraction of sp³-hybridized carbons (Fsp3) is 0.574. The van der Waals surface area contributed by atoms with Crippen molar-refractivity contribution >= 4 is 44.0 Å². The number of nitrogens with zero attached hydrogens (tertiary/aromatic N) is 4. The molecule has 2 aromatic carbocycles. The van der Waals surface area contributed by atoms with Crippen molar-refractivity contribution in [2.45, 2.75) is 88.2 Å². The zero-order chi connectivity index (χ0) is 45.8. The molecule has 1 amide bonds. The van der Waals surface area contributed by atoms with Gasteiger partial charge in [0.25, 0.3) is 21.6 Å². The Morgan fingerprint density at radius 3 is 2.64 bits per heavy atom. The number of ether oxygens (including phenoxy) is 6. The first-order valence-electron chi connectivity index (χ1n) is 23.3. The maximum atomic E-state index is 13.9. The second-order valence-electron chi connectivity index (χ2n) is 19.1. The number of pyridine rings is 1. The van der Waals surface area contributed by atoms with Crippen molar-refractivity contribution < 1.29 is 46.6 Å². The first-order chi connectivity index (χ1) is 31.8. The molecular weight excluding hydrogens is 871 g/mol. The average molecular weight is 930 g/mol. The lowest BCUT2D eigenvalue weighted by Gasteiger charge is -2.58. The summed E-state index contributed by atoms with van der Waals surface area (Å²) < 4.78 is 67.7. The van der Waals surface area contributed by atoms with Gasteiger partial charge in [-0.1, -0.05) is 13.8 Å². The van der Waals surface area contributed by atoms with Gasteiger partial charge in [0.2, 0.25) is 0 Å². The van der Waals surface area contributed by atoms with Crippen molar-refractivity contribution in [1.29, 1.82) is 0 Å². The Labute approximate surface area is 384 Å². The third-order valence-electron chi connectivity index (χ3n) is 15.0. The van der Waals surface area contributed by atoms with Gasteiger partial charge < -0.3 is 43.6 Å². The first kappa shape index (κ1) is 44.9. The highest BCUT2D eigenvalue weighted by atomic mass is 32.2.